The number of esters is 2. The van der Waals surface area contributed by atoms with Gasteiger partial charge in [-0.05, 0) is 6.92 Å². The SMILES string of the molecule is CCOC(=O)CCSSCCC(=O)OC. The number of hydrogen-bond acceptors (Lipinski definition) is 6. The predicted octanol–water partition coefficient (Wildman–Crippen LogP) is 1.88. The van der Waals surface area contributed by atoms with Crippen LogP contribution in [0.3, 0.4) is 0 Å². The summed E-state index contributed by atoms with van der Waals surface area (Å²) in [4.78, 5) is 21.6. The largest absolute Gasteiger partial charge is 0.469 e. The molecule has 0 aromatic heterocycles. The molecule has 15 heavy (non-hydrogen) atoms. The molecule has 0 aliphatic heterocycles. The third kappa shape index (κ3) is 9.93. The summed E-state index contributed by atoms with van der Waals surface area (Å²) < 4.78 is 9.26. The fraction of sp³-hybridized carbons (Fsp3) is 0.778. The summed E-state index contributed by atoms with van der Waals surface area (Å²) in [7, 11) is 4.51. The molecule has 0 heterocycles. The van der Waals surface area contributed by atoms with E-state index in [-0.39, 0.29) is 11.9 Å². The minimum Gasteiger partial charge on any atom is -0.469 e. The number of carbonyl (C=O) groups excluding carboxylic acids is 2. The van der Waals surface area contributed by atoms with Crippen molar-refractivity contribution in [2.45, 2.75) is 19.8 Å². The van der Waals surface area contributed by atoms with Crippen molar-refractivity contribution in [3.05, 3.63) is 0 Å². The van der Waals surface area contributed by atoms with E-state index in [0.717, 1.165) is 0 Å². The number of methoxy groups -OCH3 is 1. The fourth-order valence-corrected chi connectivity index (χ4v) is 2.65. The maximum absolute atomic E-state index is 10.9. The molecule has 0 aliphatic carbocycles. The average Bonchev–Trinajstić information content (AvgIpc) is 2.23. The van der Waals surface area contributed by atoms with Gasteiger partial charge in [0.2, 0.25) is 0 Å². The van der Waals surface area contributed by atoms with E-state index in [0.29, 0.717) is 31.0 Å². The third-order valence-corrected chi connectivity index (χ3v) is 3.80. The molecule has 0 fully saturated rings. The van der Waals surface area contributed by atoms with Crippen LogP contribution in [0.5, 0.6) is 0 Å². The van der Waals surface area contributed by atoms with Crippen LogP contribution in [-0.4, -0.2) is 37.2 Å². The summed E-state index contributed by atoms with van der Waals surface area (Å²) in [6.45, 7) is 2.22. The fourth-order valence-electron chi connectivity index (χ4n) is 0.703. The van der Waals surface area contributed by atoms with Gasteiger partial charge < -0.3 is 9.47 Å². The van der Waals surface area contributed by atoms with Crippen LogP contribution in [0.15, 0.2) is 0 Å². The highest BCUT2D eigenvalue weighted by molar-refractivity contribution is 8.76. The van der Waals surface area contributed by atoms with Gasteiger partial charge in [-0.3, -0.25) is 9.59 Å². The molecule has 0 bridgehead atoms. The second-order valence-electron chi connectivity index (χ2n) is 2.53. The van der Waals surface area contributed by atoms with E-state index >= 15 is 0 Å². The zero-order valence-electron chi connectivity index (χ0n) is 8.99. The minimum atomic E-state index is -0.200. The van der Waals surface area contributed by atoms with Crippen molar-refractivity contribution < 1.29 is 19.1 Å². The molecule has 0 saturated carbocycles. The van der Waals surface area contributed by atoms with Crippen LogP contribution >= 0.6 is 21.6 Å². The first-order chi connectivity index (χ1) is 7.20. The summed E-state index contributed by atoms with van der Waals surface area (Å²) in [5, 5.41) is 0. The first-order valence-electron chi connectivity index (χ1n) is 4.67. The van der Waals surface area contributed by atoms with Crippen molar-refractivity contribution in [1.82, 2.24) is 0 Å². The highest BCUT2D eigenvalue weighted by Gasteiger charge is 2.02. The molecule has 0 aliphatic rings. The number of rotatable bonds is 8. The van der Waals surface area contributed by atoms with Gasteiger partial charge in [0.25, 0.3) is 0 Å². The van der Waals surface area contributed by atoms with Crippen molar-refractivity contribution in [3.63, 3.8) is 0 Å². The first-order valence-corrected chi connectivity index (χ1v) is 7.16. The van der Waals surface area contributed by atoms with Gasteiger partial charge in [-0.15, -0.1) is 0 Å². The molecular formula is C9H16O4S2. The first kappa shape index (κ1) is 14.6. The van der Waals surface area contributed by atoms with E-state index in [1.54, 1.807) is 28.5 Å². The van der Waals surface area contributed by atoms with Gasteiger partial charge in [0.15, 0.2) is 0 Å². The molecule has 0 aromatic rings. The van der Waals surface area contributed by atoms with E-state index in [4.69, 9.17) is 4.74 Å². The van der Waals surface area contributed by atoms with Crippen LogP contribution in [0.1, 0.15) is 19.8 Å². The predicted molar refractivity (Wildman–Crippen MR) is 62.8 cm³/mol. The zero-order chi connectivity index (χ0) is 11.5. The minimum absolute atomic E-state index is 0.168. The van der Waals surface area contributed by atoms with Gasteiger partial charge in [0.05, 0.1) is 26.6 Å². The summed E-state index contributed by atoms with van der Waals surface area (Å²) >= 11 is 0. The van der Waals surface area contributed by atoms with Gasteiger partial charge in [-0.25, -0.2) is 0 Å². The molecule has 0 spiro atoms. The number of carbonyl (C=O) groups is 2. The van der Waals surface area contributed by atoms with Gasteiger partial charge >= 0.3 is 11.9 Å². The summed E-state index contributed by atoms with van der Waals surface area (Å²) in [5.41, 5.74) is 0. The molecule has 0 aromatic carbocycles. The molecule has 0 N–H and O–H groups in total. The monoisotopic (exact) mass is 252 g/mol. The standard InChI is InChI=1S/C9H16O4S2/c1-3-13-9(11)5-7-15-14-6-4-8(10)12-2/h3-7H2,1-2H3. The molecular weight excluding hydrogens is 236 g/mol. The Hall–Kier alpha value is -0.360. The maximum atomic E-state index is 10.9. The second-order valence-corrected chi connectivity index (χ2v) is 5.23. The van der Waals surface area contributed by atoms with Crippen LogP contribution < -0.4 is 0 Å². The summed E-state index contributed by atoms with van der Waals surface area (Å²) in [5.74, 6) is 1.05. The van der Waals surface area contributed by atoms with Crippen molar-refractivity contribution in [2.75, 3.05) is 25.2 Å². The van der Waals surface area contributed by atoms with Gasteiger partial charge in [0.1, 0.15) is 0 Å². The molecule has 6 heteroatoms. The van der Waals surface area contributed by atoms with Crippen LogP contribution in [0.4, 0.5) is 0 Å². The van der Waals surface area contributed by atoms with E-state index in [2.05, 4.69) is 4.74 Å². The van der Waals surface area contributed by atoms with Crippen molar-refractivity contribution in [1.29, 1.82) is 0 Å². The Morgan fingerprint density at radius 3 is 2.07 bits per heavy atom. The van der Waals surface area contributed by atoms with Crippen LogP contribution in [0.2, 0.25) is 0 Å². The average molecular weight is 252 g/mol. The molecule has 0 atom stereocenters. The van der Waals surface area contributed by atoms with Gasteiger partial charge in [-0.1, -0.05) is 21.6 Å². The van der Waals surface area contributed by atoms with Crippen LogP contribution in [0.25, 0.3) is 0 Å². The van der Waals surface area contributed by atoms with Crippen molar-refractivity contribution in [2.24, 2.45) is 0 Å². The van der Waals surface area contributed by atoms with E-state index in [1.807, 2.05) is 0 Å². The Balaban J connectivity index is 3.18. The van der Waals surface area contributed by atoms with Gasteiger partial charge in [-0.2, -0.15) is 0 Å². The molecule has 0 rings (SSSR count). The quantitative estimate of drug-likeness (QED) is 0.373. The van der Waals surface area contributed by atoms with Gasteiger partial charge in [0, 0.05) is 11.5 Å². The Bertz CT molecular complexity index is 197. The maximum Gasteiger partial charge on any atom is 0.306 e. The van der Waals surface area contributed by atoms with Crippen LogP contribution in [-0.2, 0) is 19.1 Å². The Labute approximate surface area is 97.9 Å². The molecule has 0 unspecified atom stereocenters. The van der Waals surface area contributed by atoms with Crippen molar-refractivity contribution >= 4 is 33.5 Å². The number of ether oxygens (including phenoxy) is 2. The normalized spacial score (nSPS) is 9.73. The smallest absolute Gasteiger partial charge is 0.306 e. The van der Waals surface area contributed by atoms with E-state index in [1.165, 1.54) is 7.11 Å². The summed E-state index contributed by atoms with van der Waals surface area (Å²) in [6, 6.07) is 0. The molecule has 0 saturated heterocycles. The third-order valence-electron chi connectivity index (χ3n) is 1.40. The Morgan fingerprint density at radius 2 is 1.60 bits per heavy atom. The lowest BCUT2D eigenvalue weighted by molar-refractivity contribution is -0.142. The van der Waals surface area contributed by atoms with Crippen LogP contribution in [0, 0.1) is 0 Å². The zero-order valence-corrected chi connectivity index (χ0v) is 10.6. The lowest BCUT2D eigenvalue weighted by Gasteiger charge is -2.01. The topological polar surface area (TPSA) is 52.6 Å². The lowest BCUT2D eigenvalue weighted by atomic mass is 10.5. The van der Waals surface area contributed by atoms with E-state index < -0.39 is 0 Å². The molecule has 0 amide bonds. The number of hydrogen-bond donors (Lipinski definition) is 0. The Morgan fingerprint density at radius 1 is 1.07 bits per heavy atom. The highest BCUT2D eigenvalue weighted by Crippen LogP contribution is 2.22. The summed E-state index contributed by atoms with van der Waals surface area (Å²) in [6.07, 6.45) is 0.831. The van der Waals surface area contributed by atoms with E-state index in [9.17, 15) is 9.59 Å². The molecule has 4 nitrogen and oxygen atoms in total. The highest BCUT2D eigenvalue weighted by atomic mass is 33.1. The molecule has 88 valence electrons. The molecule has 0 radical (unpaired) electrons. The Kier molecular flexibility index (Phi) is 9.92. The lowest BCUT2D eigenvalue weighted by Crippen LogP contribution is -2.04. The van der Waals surface area contributed by atoms with Crippen molar-refractivity contribution in [3.8, 4) is 0 Å². The second kappa shape index (κ2) is 10.2.